The molecule has 0 fully saturated rings. The maximum absolute atomic E-state index is 12.9. The first kappa shape index (κ1) is 23.5. The molecule has 0 aliphatic carbocycles. The first-order valence-corrected chi connectivity index (χ1v) is 12.8. The summed E-state index contributed by atoms with van der Waals surface area (Å²) < 4.78 is 73.0. The highest BCUT2D eigenvalue weighted by molar-refractivity contribution is 7.93. The fourth-order valence-corrected chi connectivity index (χ4v) is 5.88. The Bertz CT molecular complexity index is 1550. The number of anilines is 1. The zero-order chi connectivity index (χ0) is 24.8. The Kier molecular flexibility index (Phi) is 5.89. The second kappa shape index (κ2) is 8.77. The Hall–Kier alpha value is -3.23. The van der Waals surface area contributed by atoms with E-state index in [1.54, 1.807) is 6.07 Å². The van der Waals surface area contributed by atoms with Crippen molar-refractivity contribution >= 4 is 37.6 Å². The van der Waals surface area contributed by atoms with Gasteiger partial charge in [0, 0.05) is 19.2 Å². The highest BCUT2D eigenvalue weighted by atomic mass is 32.2. The number of benzene rings is 2. The molecule has 0 atom stereocenters. The maximum atomic E-state index is 12.9. The SMILES string of the molecule is O=c1oc2cc(S(=O)(=O)Nc3nncs3)ccc2n1Cc1cccc2c1CN(CC(F)(F)F)CC2. The molecule has 3 heterocycles. The largest absolute Gasteiger partial charge is 0.420 e. The van der Waals surface area contributed by atoms with E-state index in [2.05, 4.69) is 14.9 Å². The van der Waals surface area contributed by atoms with Crippen LogP contribution in [-0.2, 0) is 29.5 Å². The summed E-state index contributed by atoms with van der Waals surface area (Å²) in [5.41, 5.74) is 4.21. The van der Waals surface area contributed by atoms with Crippen molar-refractivity contribution in [1.82, 2.24) is 19.7 Å². The Morgan fingerprint density at radius 2 is 2.03 bits per heavy atom. The Balaban J connectivity index is 1.45. The molecule has 2 aromatic heterocycles. The van der Waals surface area contributed by atoms with Gasteiger partial charge in [-0.05, 0) is 35.2 Å². The minimum atomic E-state index is -4.30. The standard InChI is InChI=1S/C21H18F3N5O4S2/c22-21(23,24)11-28-7-6-13-2-1-3-14(16(13)10-28)9-29-17-5-4-15(8-18(17)33-20(29)30)35(31,32)27-19-26-25-12-34-19/h1-5,8,12H,6-7,9-11H2,(H,26,27). The number of aromatic nitrogens is 3. The van der Waals surface area contributed by atoms with Crippen molar-refractivity contribution in [1.29, 1.82) is 0 Å². The number of rotatable bonds is 6. The summed E-state index contributed by atoms with van der Waals surface area (Å²) >= 11 is 1.01. The molecule has 0 radical (unpaired) electrons. The van der Waals surface area contributed by atoms with Gasteiger partial charge in [0.05, 0.1) is 23.5 Å². The minimum Gasteiger partial charge on any atom is -0.408 e. The van der Waals surface area contributed by atoms with E-state index in [-0.39, 0.29) is 28.7 Å². The van der Waals surface area contributed by atoms with Crippen LogP contribution in [0.1, 0.15) is 16.7 Å². The van der Waals surface area contributed by atoms with Crippen LogP contribution in [0.25, 0.3) is 11.1 Å². The minimum absolute atomic E-state index is 0.0682. The molecule has 0 unspecified atom stereocenters. The molecule has 4 aromatic rings. The number of hydrogen-bond donors (Lipinski definition) is 1. The van der Waals surface area contributed by atoms with Crippen LogP contribution in [-0.4, -0.2) is 47.3 Å². The van der Waals surface area contributed by atoms with E-state index in [1.165, 1.54) is 33.2 Å². The van der Waals surface area contributed by atoms with E-state index in [0.29, 0.717) is 24.0 Å². The number of oxazole rings is 1. The van der Waals surface area contributed by atoms with E-state index in [1.807, 2.05) is 12.1 Å². The van der Waals surface area contributed by atoms with Gasteiger partial charge in [-0.25, -0.2) is 13.2 Å². The van der Waals surface area contributed by atoms with Gasteiger partial charge in [-0.1, -0.05) is 29.5 Å². The van der Waals surface area contributed by atoms with Crippen LogP contribution in [0.5, 0.6) is 0 Å². The molecule has 2 aromatic carbocycles. The van der Waals surface area contributed by atoms with Crippen LogP contribution < -0.4 is 10.5 Å². The van der Waals surface area contributed by atoms with Gasteiger partial charge in [-0.3, -0.25) is 14.2 Å². The van der Waals surface area contributed by atoms with Gasteiger partial charge in [0.25, 0.3) is 10.0 Å². The Morgan fingerprint density at radius 3 is 2.77 bits per heavy atom. The third kappa shape index (κ3) is 4.94. The summed E-state index contributed by atoms with van der Waals surface area (Å²) in [6.45, 7) is -0.510. The number of hydrogen-bond acceptors (Lipinski definition) is 8. The molecule has 9 nitrogen and oxygen atoms in total. The molecule has 1 aliphatic rings. The summed E-state index contributed by atoms with van der Waals surface area (Å²) in [4.78, 5) is 13.8. The van der Waals surface area contributed by atoms with Gasteiger partial charge in [0.2, 0.25) is 5.13 Å². The van der Waals surface area contributed by atoms with Gasteiger partial charge in [0.1, 0.15) is 5.51 Å². The average molecular weight is 526 g/mol. The second-order valence-corrected chi connectivity index (χ2v) is 10.6. The van der Waals surface area contributed by atoms with Crippen molar-refractivity contribution < 1.29 is 26.0 Å². The van der Waals surface area contributed by atoms with Gasteiger partial charge in [-0.2, -0.15) is 13.2 Å². The number of sulfonamides is 1. The van der Waals surface area contributed by atoms with Crippen LogP contribution in [0.4, 0.5) is 18.3 Å². The quantitative estimate of drug-likeness (QED) is 0.412. The number of alkyl halides is 3. The maximum Gasteiger partial charge on any atom is 0.420 e. The zero-order valence-electron chi connectivity index (χ0n) is 17.9. The summed E-state index contributed by atoms with van der Waals surface area (Å²) in [5.74, 6) is -0.702. The number of nitrogens with one attached hydrogen (secondary N) is 1. The molecular formula is C21H18F3N5O4S2. The van der Waals surface area contributed by atoms with Crippen molar-refractivity contribution in [2.45, 2.75) is 30.6 Å². The molecule has 1 N–H and O–H groups in total. The van der Waals surface area contributed by atoms with E-state index >= 15 is 0 Å². The normalized spacial score (nSPS) is 14.8. The lowest BCUT2D eigenvalue weighted by Gasteiger charge is -2.30. The van der Waals surface area contributed by atoms with Gasteiger partial charge >= 0.3 is 11.9 Å². The molecule has 14 heteroatoms. The molecule has 0 spiro atoms. The van der Waals surface area contributed by atoms with Crippen molar-refractivity contribution in [3.05, 3.63) is 69.1 Å². The number of halogens is 3. The van der Waals surface area contributed by atoms with Crippen LogP contribution >= 0.6 is 11.3 Å². The summed E-state index contributed by atoms with van der Waals surface area (Å²) in [6, 6.07) is 9.49. The van der Waals surface area contributed by atoms with Gasteiger partial charge in [0.15, 0.2) is 5.58 Å². The summed E-state index contributed by atoms with van der Waals surface area (Å²) in [5, 5.41) is 7.32. The van der Waals surface area contributed by atoms with Crippen LogP contribution in [0.15, 0.2) is 56.0 Å². The first-order chi connectivity index (χ1) is 16.6. The predicted molar refractivity (Wildman–Crippen MR) is 122 cm³/mol. The number of fused-ring (bicyclic) bond motifs is 2. The van der Waals surface area contributed by atoms with E-state index in [4.69, 9.17) is 4.42 Å². The third-order valence-corrected chi connectivity index (χ3v) is 7.78. The molecule has 0 amide bonds. The lowest BCUT2D eigenvalue weighted by atomic mass is 9.94. The average Bonchev–Trinajstić information content (AvgIpc) is 3.39. The van der Waals surface area contributed by atoms with Crippen molar-refractivity contribution in [3.63, 3.8) is 0 Å². The molecule has 0 saturated carbocycles. The van der Waals surface area contributed by atoms with E-state index < -0.39 is 28.5 Å². The molecule has 184 valence electrons. The molecular weight excluding hydrogens is 507 g/mol. The van der Waals surface area contributed by atoms with Crippen molar-refractivity contribution in [2.24, 2.45) is 0 Å². The first-order valence-electron chi connectivity index (χ1n) is 10.4. The van der Waals surface area contributed by atoms with Crippen molar-refractivity contribution in [3.8, 4) is 0 Å². The lowest BCUT2D eigenvalue weighted by molar-refractivity contribution is -0.147. The predicted octanol–water partition coefficient (Wildman–Crippen LogP) is 3.22. The number of nitrogens with zero attached hydrogens (tertiary/aromatic N) is 4. The smallest absolute Gasteiger partial charge is 0.408 e. The highest BCUT2D eigenvalue weighted by Crippen LogP contribution is 2.28. The summed E-state index contributed by atoms with van der Waals surface area (Å²) in [6.07, 6.45) is -3.82. The van der Waals surface area contributed by atoms with Crippen LogP contribution in [0.3, 0.4) is 0 Å². The van der Waals surface area contributed by atoms with Crippen LogP contribution in [0, 0.1) is 0 Å². The fourth-order valence-electron chi connectivity index (χ4n) is 4.17. The highest BCUT2D eigenvalue weighted by Gasteiger charge is 2.32. The topological polar surface area (TPSA) is 110 Å². The van der Waals surface area contributed by atoms with Gasteiger partial charge < -0.3 is 4.42 Å². The third-order valence-electron chi connectivity index (χ3n) is 5.71. The molecule has 35 heavy (non-hydrogen) atoms. The Morgan fingerprint density at radius 1 is 1.20 bits per heavy atom. The van der Waals surface area contributed by atoms with Crippen molar-refractivity contribution in [2.75, 3.05) is 17.8 Å². The van der Waals surface area contributed by atoms with Gasteiger partial charge in [-0.15, -0.1) is 10.2 Å². The molecule has 1 aliphatic heterocycles. The molecule has 5 rings (SSSR count). The summed E-state index contributed by atoms with van der Waals surface area (Å²) in [7, 11) is -3.98. The second-order valence-electron chi connectivity index (χ2n) is 8.06. The molecule has 0 bridgehead atoms. The zero-order valence-corrected chi connectivity index (χ0v) is 19.6. The Labute approximate surface area is 200 Å². The van der Waals surface area contributed by atoms with E-state index in [9.17, 15) is 26.4 Å². The van der Waals surface area contributed by atoms with Crippen LogP contribution in [0.2, 0.25) is 0 Å². The molecule has 0 saturated heterocycles. The van der Waals surface area contributed by atoms with E-state index in [0.717, 1.165) is 22.5 Å². The monoisotopic (exact) mass is 525 g/mol. The lowest BCUT2D eigenvalue weighted by Crippen LogP contribution is -2.38. The fraction of sp³-hybridized carbons (Fsp3) is 0.286.